The van der Waals surface area contributed by atoms with Crippen LogP contribution in [0, 0.1) is 12.7 Å². The van der Waals surface area contributed by atoms with Crippen LogP contribution in [0.1, 0.15) is 36.7 Å². The first-order valence-electron chi connectivity index (χ1n) is 11.0. The number of halogens is 3. The van der Waals surface area contributed by atoms with Crippen molar-refractivity contribution in [2.75, 3.05) is 0 Å². The first-order chi connectivity index (χ1) is 16.7. The van der Waals surface area contributed by atoms with Gasteiger partial charge in [0.25, 0.3) is 5.91 Å². The second-order valence-corrected chi connectivity index (χ2v) is 8.67. The summed E-state index contributed by atoms with van der Waals surface area (Å²) in [6.45, 7) is 4.62. The van der Waals surface area contributed by atoms with Gasteiger partial charge in [0, 0.05) is 29.3 Å². The molecule has 35 heavy (non-hydrogen) atoms. The van der Waals surface area contributed by atoms with Crippen LogP contribution in [0.4, 0.5) is 8.78 Å². The van der Waals surface area contributed by atoms with Gasteiger partial charge in [-0.25, -0.2) is 23.4 Å². The summed E-state index contributed by atoms with van der Waals surface area (Å²) in [5, 5.41) is 7.65. The predicted octanol–water partition coefficient (Wildman–Crippen LogP) is 5.25. The van der Waals surface area contributed by atoms with Crippen LogP contribution < -0.4 is 10.1 Å². The van der Waals surface area contributed by atoms with Crippen LogP contribution in [0.25, 0.3) is 22.3 Å². The number of alkyl halides is 1. The summed E-state index contributed by atoms with van der Waals surface area (Å²) in [5.41, 5.74) is 3.12. The number of ether oxygens (including phenoxy) is 1. The molecule has 2 atom stereocenters. The summed E-state index contributed by atoms with van der Waals surface area (Å²) in [4.78, 5) is 20.9. The summed E-state index contributed by atoms with van der Waals surface area (Å²) in [7, 11) is 1.81. The second-order valence-electron chi connectivity index (χ2n) is 8.26. The Hall–Kier alpha value is -3.59. The molecule has 0 unspecified atom stereocenters. The largest absolute Gasteiger partial charge is 0.487 e. The highest BCUT2D eigenvalue weighted by Gasteiger charge is 2.21. The molecule has 0 saturated heterocycles. The van der Waals surface area contributed by atoms with E-state index < -0.39 is 23.9 Å². The number of carbonyl (C=O) groups is 1. The smallest absolute Gasteiger partial charge is 0.254 e. The number of nitrogens with one attached hydrogen (secondary N) is 1. The van der Waals surface area contributed by atoms with Crippen LogP contribution in [0.15, 0.2) is 42.7 Å². The Balaban J connectivity index is 1.71. The number of hydrogen-bond donors (Lipinski definition) is 1. The average molecular weight is 500 g/mol. The zero-order valence-electron chi connectivity index (χ0n) is 19.6. The minimum absolute atomic E-state index is 0.0200. The molecule has 7 nitrogen and oxygen atoms in total. The molecule has 4 aromatic rings. The Labute approximate surface area is 206 Å². The Morgan fingerprint density at radius 3 is 2.71 bits per heavy atom. The third-order valence-electron chi connectivity index (χ3n) is 5.64. The molecular formula is C25H24ClF2N5O2. The minimum Gasteiger partial charge on any atom is -0.487 e. The summed E-state index contributed by atoms with van der Waals surface area (Å²) >= 11 is 6.36. The Morgan fingerprint density at radius 2 is 2.03 bits per heavy atom. The van der Waals surface area contributed by atoms with Gasteiger partial charge in [0.1, 0.15) is 30.0 Å². The Morgan fingerprint density at radius 1 is 1.26 bits per heavy atom. The fourth-order valence-electron chi connectivity index (χ4n) is 3.91. The maximum absolute atomic E-state index is 14.2. The molecular weight excluding hydrogens is 476 g/mol. The highest BCUT2D eigenvalue weighted by Crippen LogP contribution is 2.34. The number of benzene rings is 2. The van der Waals surface area contributed by atoms with Gasteiger partial charge in [-0.3, -0.25) is 4.79 Å². The van der Waals surface area contributed by atoms with E-state index in [1.807, 2.05) is 32.2 Å². The molecule has 182 valence electrons. The molecule has 1 N–H and O–H groups in total. The van der Waals surface area contributed by atoms with Crippen molar-refractivity contribution >= 4 is 28.4 Å². The summed E-state index contributed by atoms with van der Waals surface area (Å²) < 4.78 is 35.4. The third kappa shape index (κ3) is 5.09. The SMILES string of the molecule is Cc1cc(-c2ncnn2C)c2cccc(OCc3c(Cl)cc(F)cc3[C@H](C)NC(=O)[C@@H](C)F)c2n1. The van der Waals surface area contributed by atoms with Crippen molar-refractivity contribution in [2.45, 2.75) is 39.6 Å². The summed E-state index contributed by atoms with van der Waals surface area (Å²) in [6.07, 6.45) is -0.215. The molecule has 0 spiro atoms. The Kier molecular flexibility index (Phi) is 6.98. The van der Waals surface area contributed by atoms with Gasteiger partial charge in [-0.2, -0.15) is 5.10 Å². The molecule has 0 aliphatic rings. The first kappa shape index (κ1) is 24.5. The van der Waals surface area contributed by atoms with Crippen LogP contribution in [-0.2, 0) is 18.4 Å². The highest BCUT2D eigenvalue weighted by molar-refractivity contribution is 6.31. The summed E-state index contributed by atoms with van der Waals surface area (Å²) in [6, 6.07) is 9.22. The van der Waals surface area contributed by atoms with E-state index in [-0.39, 0.29) is 11.6 Å². The van der Waals surface area contributed by atoms with E-state index in [0.29, 0.717) is 28.2 Å². The lowest BCUT2D eigenvalue weighted by molar-refractivity contribution is -0.126. The van der Waals surface area contributed by atoms with E-state index in [1.165, 1.54) is 18.5 Å². The molecule has 0 radical (unpaired) electrons. The molecule has 10 heteroatoms. The molecule has 0 saturated carbocycles. The van der Waals surface area contributed by atoms with E-state index in [4.69, 9.17) is 16.3 Å². The maximum atomic E-state index is 14.2. The average Bonchev–Trinajstić information content (AvgIpc) is 3.23. The van der Waals surface area contributed by atoms with Gasteiger partial charge in [0.05, 0.1) is 11.1 Å². The normalized spacial score (nSPS) is 13.0. The molecule has 0 aliphatic carbocycles. The van der Waals surface area contributed by atoms with Gasteiger partial charge in [-0.15, -0.1) is 0 Å². The molecule has 1 amide bonds. The number of rotatable bonds is 7. The standard InChI is InChI=1S/C25H24ClF2N5O2/c1-13-8-19(24-29-12-30-33(24)4)17-6-5-7-22(23(17)31-13)35-11-20-18(9-16(28)10-21(20)26)15(3)32-25(34)14(2)27/h5-10,12,14-15H,11H2,1-4H3,(H,32,34)/t14-,15+/m1/s1. The van der Waals surface area contributed by atoms with E-state index in [1.54, 1.807) is 17.7 Å². The maximum Gasteiger partial charge on any atom is 0.254 e. The van der Waals surface area contributed by atoms with Crippen molar-refractivity contribution in [3.8, 4) is 17.1 Å². The number of para-hydroxylation sites is 1. The van der Waals surface area contributed by atoms with Gasteiger partial charge in [-0.1, -0.05) is 23.7 Å². The molecule has 2 heterocycles. The lowest BCUT2D eigenvalue weighted by Crippen LogP contribution is -2.33. The van der Waals surface area contributed by atoms with Crippen molar-refractivity contribution in [2.24, 2.45) is 7.05 Å². The van der Waals surface area contributed by atoms with E-state index >= 15 is 0 Å². The Bertz CT molecular complexity index is 1410. The number of aryl methyl sites for hydroxylation is 2. The van der Waals surface area contributed by atoms with Gasteiger partial charge in [-0.05, 0) is 50.6 Å². The van der Waals surface area contributed by atoms with Gasteiger partial charge in [0.15, 0.2) is 12.0 Å². The number of nitrogens with zero attached hydrogens (tertiary/aromatic N) is 4. The fourth-order valence-corrected chi connectivity index (χ4v) is 4.18. The highest BCUT2D eigenvalue weighted by atomic mass is 35.5. The minimum atomic E-state index is -1.70. The van der Waals surface area contributed by atoms with Crippen LogP contribution in [0.3, 0.4) is 0 Å². The molecule has 2 aromatic heterocycles. The number of amides is 1. The van der Waals surface area contributed by atoms with E-state index in [9.17, 15) is 13.6 Å². The molecule has 2 aromatic carbocycles. The molecule has 4 rings (SSSR count). The van der Waals surface area contributed by atoms with Crippen LogP contribution >= 0.6 is 11.6 Å². The van der Waals surface area contributed by atoms with Crippen molar-refractivity contribution in [3.63, 3.8) is 0 Å². The van der Waals surface area contributed by atoms with E-state index in [2.05, 4.69) is 20.4 Å². The zero-order valence-corrected chi connectivity index (χ0v) is 20.4. The van der Waals surface area contributed by atoms with Crippen molar-refractivity contribution < 1.29 is 18.3 Å². The fraction of sp³-hybridized carbons (Fsp3) is 0.280. The van der Waals surface area contributed by atoms with Gasteiger partial charge >= 0.3 is 0 Å². The quantitative estimate of drug-likeness (QED) is 0.376. The van der Waals surface area contributed by atoms with E-state index in [0.717, 1.165) is 23.6 Å². The number of aromatic nitrogens is 4. The predicted molar refractivity (Wildman–Crippen MR) is 129 cm³/mol. The zero-order chi connectivity index (χ0) is 25.3. The number of fused-ring (bicyclic) bond motifs is 1. The van der Waals surface area contributed by atoms with Crippen LogP contribution in [-0.4, -0.2) is 31.8 Å². The molecule has 0 aliphatic heterocycles. The third-order valence-corrected chi connectivity index (χ3v) is 5.97. The lowest BCUT2D eigenvalue weighted by atomic mass is 10.0. The number of carbonyl (C=O) groups excluding carboxylic acids is 1. The number of hydrogen-bond acceptors (Lipinski definition) is 5. The van der Waals surface area contributed by atoms with Crippen molar-refractivity contribution in [1.82, 2.24) is 25.1 Å². The van der Waals surface area contributed by atoms with Crippen molar-refractivity contribution in [1.29, 1.82) is 0 Å². The lowest BCUT2D eigenvalue weighted by Gasteiger charge is -2.20. The molecule has 0 bridgehead atoms. The van der Waals surface area contributed by atoms with Gasteiger partial charge in [0.2, 0.25) is 0 Å². The van der Waals surface area contributed by atoms with Gasteiger partial charge < -0.3 is 10.1 Å². The monoisotopic (exact) mass is 499 g/mol. The van der Waals surface area contributed by atoms with Crippen LogP contribution in [0.5, 0.6) is 5.75 Å². The number of pyridine rings is 1. The summed E-state index contributed by atoms with van der Waals surface area (Å²) in [5.74, 6) is -0.183. The van der Waals surface area contributed by atoms with Crippen LogP contribution in [0.2, 0.25) is 5.02 Å². The van der Waals surface area contributed by atoms with Crippen molar-refractivity contribution in [3.05, 3.63) is 70.4 Å². The first-order valence-corrected chi connectivity index (χ1v) is 11.3. The second kappa shape index (κ2) is 9.95. The topological polar surface area (TPSA) is 81.9 Å². The molecule has 0 fully saturated rings.